The lowest BCUT2D eigenvalue weighted by Gasteiger charge is -2.58. The van der Waals surface area contributed by atoms with E-state index in [0.29, 0.717) is 17.8 Å². The van der Waals surface area contributed by atoms with E-state index in [4.69, 9.17) is 4.74 Å². The number of fused-ring (bicyclic) bond motifs is 5. The first-order chi connectivity index (χ1) is 13.5. The Morgan fingerprint density at radius 1 is 1.14 bits per heavy atom. The van der Waals surface area contributed by atoms with Crippen LogP contribution in [0.15, 0.2) is 23.8 Å². The normalized spacial score (nSPS) is 43.9. The molecule has 0 saturated heterocycles. The highest BCUT2D eigenvalue weighted by atomic mass is 16.6. The monoisotopic (exact) mass is 398 g/mol. The molecular weight excluding hydrogens is 360 g/mol. The van der Waals surface area contributed by atoms with Crippen molar-refractivity contribution >= 4 is 11.8 Å². The summed E-state index contributed by atoms with van der Waals surface area (Å²) in [4.78, 5) is 24.9. The van der Waals surface area contributed by atoms with Crippen LogP contribution < -0.4 is 0 Å². The summed E-state index contributed by atoms with van der Waals surface area (Å²) in [6, 6.07) is 0. The quantitative estimate of drug-likeness (QED) is 0.545. The number of ether oxygens (including phenoxy) is 1. The third-order valence-electron chi connectivity index (χ3n) is 9.84. The lowest BCUT2D eigenvalue weighted by atomic mass is 9.47. The van der Waals surface area contributed by atoms with Gasteiger partial charge in [0.2, 0.25) is 0 Å². The molecule has 4 rings (SSSR count). The van der Waals surface area contributed by atoms with Gasteiger partial charge in [0, 0.05) is 10.8 Å². The Balaban J connectivity index is 1.61. The summed E-state index contributed by atoms with van der Waals surface area (Å²) in [5.74, 6) is 1.94. The van der Waals surface area contributed by atoms with Gasteiger partial charge in [-0.15, -0.1) is 0 Å². The predicted octanol–water partition coefficient (Wildman–Crippen LogP) is 6.03. The summed E-state index contributed by atoms with van der Waals surface area (Å²) < 4.78 is 6.34. The van der Waals surface area contributed by atoms with Gasteiger partial charge in [0.15, 0.2) is 5.78 Å². The maximum absolute atomic E-state index is 13.0. The zero-order valence-electron chi connectivity index (χ0n) is 19.1. The van der Waals surface area contributed by atoms with Gasteiger partial charge in [-0.1, -0.05) is 32.4 Å². The van der Waals surface area contributed by atoms with Crippen molar-refractivity contribution in [3.05, 3.63) is 23.8 Å². The Kier molecular flexibility index (Phi) is 4.72. The number of rotatable bonds is 3. The number of carbonyl (C=O) groups excluding carboxylic acids is 2. The zero-order valence-corrected chi connectivity index (χ0v) is 19.1. The van der Waals surface area contributed by atoms with Crippen LogP contribution in [-0.4, -0.2) is 17.4 Å². The number of allylic oxidation sites excluding steroid dienone is 4. The van der Waals surface area contributed by atoms with Gasteiger partial charge in [-0.05, 0) is 95.6 Å². The van der Waals surface area contributed by atoms with E-state index in [2.05, 4.69) is 33.8 Å². The van der Waals surface area contributed by atoms with Crippen molar-refractivity contribution in [1.29, 1.82) is 0 Å². The molecule has 0 amide bonds. The Morgan fingerprint density at radius 3 is 2.52 bits per heavy atom. The first kappa shape index (κ1) is 20.9. The standard InChI is InChI=1S/C26H38O3/c1-7-23(2,3)22(28)29-26(6)15-12-21-19-9-8-17-16-18(27)10-13-24(17,4)20(19)11-14-25(21,26)5/h10,13,16,19-21H,7-9,11-12,14-15H2,1-6H3/t19?,20-,21-,24-,25-,26?/m0/s1. The largest absolute Gasteiger partial charge is 0.458 e. The van der Waals surface area contributed by atoms with Gasteiger partial charge < -0.3 is 4.74 Å². The van der Waals surface area contributed by atoms with Crippen LogP contribution in [0.1, 0.15) is 86.5 Å². The molecular formula is C26H38O3. The van der Waals surface area contributed by atoms with E-state index in [-0.39, 0.29) is 28.2 Å². The zero-order chi connectivity index (χ0) is 21.2. The van der Waals surface area contributed by atoms with Crippen LogP contribution in [0.2, 0.25) is 0 Å². The van der Waals surface area contributed by atoms with Crippen LogP contribution in [0.3, 0.4) is 0 Å². The Hall–Kier alpha value is -1.38. The van der Waals surface area contributed by atoms with Crippen molar-refractivity contribution in [3.63, 3.8) is 0 Å². The second kappa shape index (κ2) is 6.56. The van der Waals surface area contributed by atoms with Crippen molar-refractivity contribution in [2.75, 3.05) is 0 Å². The molecule has 4 aliphatic rings. The second-order valence-electron chi connectivity index (χ2n) is 11.5. The third kappa shape index (κ3) is 2.90. The Labute approximate surface area is 176 Å². The SMILES string of the molecule is CCC(C)(C)C(=O)OC1(C)CC[C@H]2C3CCC4=CC(=O)C=C[C@]4(C)[C@H]3CC[C@@]21C. The molecule has 4 aliphatic carbocycles. The molecule has 160 valence electrons. The van der Waals surface area contributed by atoms with Gasteiger partial charge in [0.25, 0.3) is 0 Å². The van der Waals surface area contributed by atoms with Gasteiger partial charge in [-0.2, -0.15) is 0 Å². The van der Waals surface area contributed by atoms with Crippen molar-refractivity contribution in [2.24, 2.45) is 34.0 Å². The molecule has 0 aromatic rings. The molecule has 29 heavy (non-hydrogen) atoms. The molecule has 0 aromatic carbocycles. The molecule has 0 bridgehead atoms. The molecule has 3 fully saturated rings. The summed E-state index contributed by atoms with van der Waals surface area (Å²) in [7, 11) is 0. The minimum absolute atomic E-state index is 0.0258. The number of ketones is 1. The topological polar surface area (TPSA) is 43.4 Å². The predicted molar refractivity (Wildman–Crippen MR) is 115 cm³/mol. The minimum atomic E-state index is -0.425. The Bertz CT molecular complexity index is 790. The fourth-order valence-corrected chi connectivity index (χ4v) is 7.08. The molecule has 0 aliphatic heterocycles. The second-order valence-corrected chi connectivity index (χ2v) is 11.5. The van der Waals surface area contributed by atoms with E-state index in [0.717, 1.165) is 44.9 Å². The maximum Gasteiger partial charge on any atom is 0.312 e. The van der Waals surface area contributed by atoms with Gasteiger partial charge in [-0.25, -0.2) is 0 Å². The minimum Gasteiger partial charge on any atom is -0.458 e. The van der Waals surface area contributed by atoms with Gasteiger partial charge >= 0.3 is 5.97 Å². The van der Waals surface area contributed by atoms with Gasteiger partial charge in [0.05, 0.1) is 5.41 Å². The highest BCUT2D eigenvalue weighted by molar-refractivity contribution is 6.01. The average Bonchev–Trinajstić information content (AvgIpc) is 2.93. The summed E-state index contributed by atoms with van der Waals surface area (Å²) in [6.45, 7) is 13.0. The molecule has 0 heterocycles. The lowest BCUT2D eigenvalue weighted by molar-refractivity contribution is -0.189. The summed E-state index contributed by atoms with van der Waals surface area (Å²) >= 11 is 0. The molecule has 0 radical (unpaired) electrons. The van der Waals surface area contributed by atoms with Crippen molar-refractivity contribution in [2.45, 2.75) is 92.1 Å². The van der Waals surface area contributed by atoms with Crippen LogP contribution >= 0.6 is 0 Å². The summed E-state index contributed by atoms with van der Waals surface area (Å²) in [5, 5.41) is 0. The van der Waals surface area contributed by atoms with E-state index >= 15 is 0 Å². The fraction of sp³-hybridized carbons (Fsp3) is 0.769. The van der Waals surface area contributed by atoms with Crippen LogP contribution in [0.25, 0.3) is 0 Å². The molecule has 0 spiro atoms. The maximum atomic E-state index is 13.0. The van der Waals surface area contributed by atoms with Crippen molar-refractivity contribution in [3.8, 4) is 0 Å². The molecule has 0 N–H and O–H groups in total. The number of hydrogen-bond donors (Lipinski definition) is 0. The molecule has 3 nitrogen and oxygen atoms in total. The number of carbonyl (C=O) groups is 2. The smallest absolute Gasteiger partial charge is 0.312 e. The van der Waals surface area contributed by atoms with Crippen LogP contribution in [0.5, 0.6) is 0 Å². The first-order valence-electron chi connectivity index (χ1n) is 11.6. The van der Waals surface area contributed by atoms with Gasteiger partial charge in [0.1, 0.15) is 5.60 Å². The molecule has 3 saturated carbocycles. The molecule has 2 unspecified atom stereocenters. The highest BCUT2D eigenvalue weighted by Gasteiger charge is 2.64. The molecule has 3 heteroatoms. The highest BCUT2D eigenvalue weighted by Crippen LogP contribution is 2.67. The summed E-state index contributed by atoms with van der Waals surface area (Å²) in [6.07, 6.45) is 13.2. The van der Waals surface area contributed by atoms with Crippen LogP contribution in [-0.2, 0) is 14.3 Å². The third-order valence-corrected chi connectivity index (χ3v) is 9.84. The Morgan fingerprint density at radius 2 is 1.83 bits per heavy atom. The van der Waals surface area contributed by atoms with Crippen LogP contribution in [0.4, 0.5) is 0 Å². The number of hydrogen-bond acceptors (Lipinski definition) is 3. The lowest BCUT2D eigenvalue weighted by Crippen LogP contribution is -2.55. The fourth-order valence-electron chi connectivity index (χ4n) is 7.08. The molecule has 6 atom stereocenters. The van der Waals surface area contributed by atoms with E-state index in [9.17, 15) is 9.59 Å². The van der Waals surface area contributed by atoms with E-state index < -0.39 is 5.41 Å². The molecule has 0 aromatic heterocycles. The van der Waals surface area contributed by atoms with E-state index in [1.54, 1.807) is 6.08 Å². The van der Waals surface area contributed by atoms with E-state index in [1.165, 1.54) is 5.57 Å². The van der Waals surface area contributed by atoms with Crippen LogP contribution in [0, 0.1) is 34.0 Å². The summed E-state index contributed by atoms with van der Waals surface area (Å²) in [5.41, 5.74) is 0.609. The number of esters is 1. The van der Waals surface area contributed by atoms with E-state index in [1.807, 2.05) is 19.9 Å². The van der Waals surface area contributed by atoms with Crippen molar-refractivity contribution in [1.82, 2.24) is 0 Å². The van der Waals surface area contributed by atoms with Gasteiger partial charge in [-0.3, -0.25) is 9.59 Å². The van der Waals surface area contributed by atoms with Crippen molar-refractivity contribution < 1.29 is 14.3 Å². The first-order valence-corrected chi connectivity index (χ1v) is 11.6. The average molecular weight is 399 g/mol.